The van der Waals surface area contributed by atoms with Crippen LogP contribution in [0.4, 0.5) is 0 Å². The summed E-state index contributed by atoms with van der Waals surface area (Å²) in [7, 11) is 0. The molecule has 2 atom stereocenters. The van der Waals surface area contributed by atoms with Crippen LogP contribution in [0.2, 0.25) is 0 Å². The van der Waals surface area contributed by atoms with Crippen LogP contribution in [0.5, 0.6) is 0 Å². The van der Waals surface area contributed by atoms with Gasteiger partial charge in [0.05, 0.1) is 24.3 Å². The van der Waals surface area contributed by atoms with Gasteiger partial charge in [0.25, 0.3) is 5.91 Å². The lowest BCUT2D eigenvalue weighted by molar-refractivity contribution is -0.154. The second kappa shape index (κ2) is 7.54. The monoisotopic (exact) mass is 319 g/mol. The minimum Gasteiger partial charge on any atom is -0.454 e. The van der Waals surface area contributed by atoms with E-state index in [0.717, 1.165) is 4.90 Å². The van der Waals surface area contributed by atoms with Crippen LogP contribution in [0.1, 0.15) is 19.3 Å². The summed E-state index contributed by atoms with van der Waals surface area (Å²) >= 11 is 0. The van der Waals surface area contributed by atoms with Gasteiger partial charge in [-0.3, -0.25) is 24.1 Å². The first kappa shape index (κ1) is 16.7. The van der Waals surface area contributed by atoms with E-state index in [9.17, 15) is 19.2 Å². The Hall–Kier alpha value is -2.69. The lowest BCUT2D eigenvalue weighted by Gasteiger charge is -2.14. The van der Waals surface area contributed by atoms with Crippen LogP contribution in [-0.4, -0.2) is 48.3 Å². The number of imide groups is 1. The molecule has 0 unspecified atom stereocenters. The van der Waals surface area contributed by atoms with Gasteiger partial charge in [-0.1, -0.05) is 12.2 Å². The van der Waals surface area contributed by atoms with Gasteiger partial charge in [-0.05, 0) is 12.8 Å². The second-order valence-electron chi connectivity index (χ2n) is 5.34. The number of carbonyl (C=O) groups is 4. The highest BCUT2D eigenvalue weighted by Crippen LogP contribution is 2.34. The SMILES string of the molecule is N#CCCNC(=O)COC(=O)CN1C(=O)[C@H]2CC=CC[C@H]2C1=O. The number of allylic oxidation sites excluding steroid dienone is 2. The molecule has 1 saturated heterocycles. The van der Waals surface area contributed by atoms with Crippen molar-refractivity contribution in [3.8, 4) is 6.07 Å². The van der Waals surface area contributed by atoms with Gasteiger partial charge in [0, 0.05) is 6.54 Å². The summed E-state index contributed by atoms with van der Waals surface area (Å²) in [4.78, 5) is 48.3. The summed E-state index contributed by atoms with van der Waals surface area (Å²) in [6.45, 7) is -0.808. The maximum absolute atomic E-state index is 12.2. The van der Waals surface area contributed by atoms with Crippen LogP contribution < -0.4 is 5.32 Å². The fourth-order valence-corrected chi connectivity index (χ4v) is 2.65. The molecule has 0 spiro atoms. The van der Waals surface area contributed by atoms with Crippen molar-refractivity contribution in [2.75, 3.05) is 19.7 Å². The molecule has 23 heavy (non-hydrogen) atoms. The van der Waals surface area contributed by atoms with E-state index in [-0.39, 0.29) is 24.8 Å². The van der Waals surface area contributed by atoms with Crippen molar-refractivity contribution in [3.63, 3.8) is 0 Å². The number of ether oxygens (including phenoxy) is 1. The topological polar surface area (TPSA) is 117 Å². The number of nitriles is 1. The molecule has 2 rings (SSSR count). The molecule has 0 aromatic carbocycles. The van der Waals surface area contributed by atoms with Gasteiger partial charge in [-0.25, -0.2) is 0 Å². The fourth-order valence-electron chi connectivity index (χ4n) is 2.65. The largest absolute Gasteiger partial charge is 0.454 e. The fraction of sp³-hybridized carbons (Fsp3) is 0.533. The van der Waals surface area contributed by atoms with Crippen molar-refractivity contribution in [1.29, 1.82) is 5.26 Å². The summed E-state index contributed by atoms with van der Waals surface area (Å²) < 4.78 is 4.75. The van der Waals surface area contributed by atoms with Gasteiger partial charge >= 0.3 is 5.97 Å². The number of nitrogens with one attached hydrogen (secondary N) is 1. The first-order chi connectivity index (χ1) is 11.0. The van der Waals surface area contributed by atoms with Gasteiger partial charge < -0.3 is 10.1 Å². The summed E-state index contributed by atoms with van der Waals surface area (Å²) in [6.07, 6.45) is 4.89. The first-order valence-electron chi connectivity index (χ1n) is 7.34. The first-order valence-corrected chi connectivity index (χ1v) is 7.34. The maximum Gasteiger partial charge on any atom is 0.326 e. The van der Waals surface area contributed by atoms with E-state index < -0.39 is 36.9 Å². The highest BCUT2D eigenvalue weighted by Gasteiger charge is 2.47. The average Bonchev–Trinajstić information content (AvgIpc) is 2.79. The zero-order valence-electron chi connectivity index (χ0n) is 12.5. The third kappa shape index (κ3) is 3.94. The Morgan fingerprint density at radius 2 is 1.87 bits per heavy atom. The molecule has 8 heteroatoms. The zero-order valence-corrected chi connectivity index (χ0v) is 12.5. The Labute approximate surface area is 133 Å². The van der Waals surface area contributed by atoms with Crippen molar-refractivity contribution < 1.29 is 23.9 Å². The van der Waals surface area contributed by atoms with E-state index in [0.29, 0.717) is 12.8 Å². The van der Waals surface area contributed by atoms with Crippen LogP contribution in [0.3, 0.4) is 0 Å². The quantitative estimate of drug-likeness (QED) is 0.306. The molecule has 2 aliphatic rings. The number of fused-ring (bicyclic) bond motifs is 1. The molecule has 8 nitrogen and oxygen atoms in total. The minimum absolute atomic E-state index is 0.160. The Balaban J connectivity index is 1.79. The Morgan fingerprint density at radius 3 is 2.43 bits per heavy atom. The smallest absolute Gasteiger partial charge is 0.326 e. The van der Waals surface area contributed by atoms with Gasteiger partial charge in [-0.15, -0.1) is 0 Å². The number of nitrogens with zero attached hydrogens (tertiary/aromatic N) is 2. The standard InChI is InChI=1S/C15H17N3O5/c16-6-3-7-17-12(19)9-23-13(20)8-18-14(21)10-4-1-2-5-11(10)15(18)22/h1-2,10-11H,3-5,7-9H2,(H,17,19)/t10-,11+. The average molecular weight is 319 g/mol. The predicted molar refractivity (Wildman–Crippen MR) is 76.3 cm³/mol. The van der Waals surface area contributed by atoms with Crippen LogP contribution >= 0.6 is 0 Å². The molecule has 1 aliphatic heterocycles. The number of carbonyl (C=O) groups excluding carboxylic acids is 4. The normalized spacial score (nSPS) is 22.5. The number of hydrogen-bond acceptors (Lipinski definition) is 6. The lowest BCUT2D eigenvalue weighted by atomic mass is 9.85. The van der Waals surface area contributed by atoms with E-state index >= 15 is 0 Å². The van der Waals surface area contributed by atoms with Crippen molar-refractivity contribution >= 4 is 23.7 Å². The third-order valence-corrected chi connectivity index (χ3v) is 3.81. The number of likely N-dealkylation sites (tertiary alicyclic amines) is 1. The molecule has 0 radical (unpaired) electrons. The van der Waals surface area contributed by atoms with Gasteiger partial charge in [0.1, 0.15) is 6.54 Å². The molecule has 0 aromatic rings. The molecule has 1 aliphatic carbocycles. The Bertz CT molecular complexity index is 566. The number of rotatable bonds is 6. The lowest BCUT2D eigenvalue weighted by Crippen LogP contribution is -2.38. The summed E-state index contributed by atoms with van der Waals surface area (Å²) in [5, 5.41) is 10.7. The van der Waals surface area contributed by atoms with Gasteiger partial charge in [0.15, 0.2) is 6.61 Å². The summed E-state index contributed by atoms with van der Waals surface area (Å²) in [6, 6.07) is 1.86. The molecule has 0 saturated carbocycles. The highest BCUT2D eigenvalue weighted by molar-refractivity contribution is 6.07. The van der Waals surface area contributed by atoms with E-state index in [4.69, 9.17) is 10.00 Å². The van der Waals surface area contributed by atoms with Crippen LogP contribution in [0.15, 0.2) is 12.2 Å². The number of hydrogen-bond donors (Lipinski definition) is 1. The molecule has 3 amide bonds. The molecule has 1 heterocycles. The van der Waals surface area contributed by atoms with E-state index in [2.05, 4.69) is 5.32 Å². The molecule has 1 fully saturated rings. The van der Waals surface area contributed by atoms with E-state index in [1.54, 1.807) is 0 Å². The van der Waals surface area contributed by atoms with Crippen LogP contribution in [-0.2, 0) is 23.9 Å². The van der Waals surface area contributed by atoms with Crippen molar-refractivity contribution in [2.24, 2.45) is 11.8 Å². The third-order valence-electron chi connectivity index (χ3n) is 3.81. The molecule has 0 bridgehead atoms. The van der Waals surface area contributed by atoms with Gasteiger partial charge in [0.2, 0.25) is 11.8 Å². The van der Waals surface area contributed by atoms with Crippen molar-refractivity contribution in [3.05, 3.63) is 12.2 Å². The highest BCUT2D eigenvalue weighted by atomic mass is 16.5. The zero-order chi connectivity index (χ0) is 16.8. The van der Waals surface area contributed by atoms with E-state index in [1.165, 1.54) is 0 Å². The van der Waals surface area contributed by atoms with Crippen LogP contribution in [0.25, 0.3) is 0 Å². The summed E-state index contributed by atoms with van der Waals surface area (Å²) in [5.41, 5.74) is 0. The molecule has 1 N–H and O–H groups in total. The van der Waals surface area contributed by atoms with Crippen molar-refractivity contribution in [2.45, 2.75) is 19.3 Å². The van der Waals surface area contributed by atoms with Crippen LogP contribution in [0, 0.1) is 23.2 Å². The van der Waals surface area contributed by atoms with Crippen molar-refractivity contribution in [1.82, 2.24) is 10.2 Å². The minimum atomic E-state index is -0.811. The molecular formula is C15H17N3O5. The Kier molecular flexibility index (Phi) is 5.46. The second-order valence-corrected chi connectivity index (χ2v) is 5.34. The van der Waals surface area contributed by atoms with E-state index in [1.807, 2.05) is 18.2 Å². The predicted octanol–water partition coefficient (Wildman–Crippen LogP) is -0.489. The maximum atomic E-state index is 12.2. The summed E-state index contributed by atoms with van der Waals surface area (Å²) in [5.74, 6) is -2.86. The molecule has 0 aromatic heterocycles. The van der Waals surface area contributed by atoms with Gasteiger partial charge in [-0.2, -0.15) is 5.26 Å². The number of amides is 3. The molecular weight excluding hydrogens is 302 g/mol. The molecule has 122 valence electrons. The Morgan fingerprint density at radius 1 is 1.26 bits per heavy atom. The number of esters is 1.